The molecule has 1 aromatic heterocycles. The number of carbonyl (C=O) groups excluding carboxylic acids is 2. The summed E-state index contributed by atoms with van der Waals surface area (Å²) in [4.78, 5) is 27.8. The summed E-state index contributed by atoms with van der Waals surface area (Å²) >= 11 is 0. The van der Waals surface area contributed by atoms with Gasteiger partial charge in [0, 0.05) is 18.1 Å². The maximum atomic E-state index is 12.0. The smallest absolute Gasteiger partial charge is 0.258 e. The van der Waals surface area contributed by atoms with E-state index in [1.54, 1.807) is 24.5 Å². The lowest BCUT2D eigenvalue weighted by Gasteiger charge is -2.09. The van der Waals surface area contributed by atoms with Gasteiger partial charge in [-0.2, -0.15) is 0 Å². The van der Waals surface area contributed by atoms with E-state index in [1.165, 1.54) is 5.56 Å². The third-order valence-electron chi connectivity index (χ3n) is 3.95. The van der Waals surface area contributed by atoms with Crippen LogP contribution in [0.25, 0.3) is 0 Å². The highest BCUT2D eigenvalue weighted by atomic mass is 16.5. The molecule has 0 fully saturated rings. The molecule has 6 heteroatoms. The van der Waals surface area contributed by atoms with Crippen LogP contribution in [0, 0.1) is 0 Å². The minimum atomic E-state index is -0.355. The second-order valence-electron chi connectivity index (χ2n) is 6.16. The van der Waals surface area contributed by atoms with E-state index in [0.29, 0.717) is 11.4 Å². The predicted octanol–water partition coefficient (Wildman–Crippen LogP) is 2.81. The number of para-hydroxylation sites is 1. The molecule has 0 aliphatic heterocycles. The Bertz CT molecular complexity index is 897. The summed E-state index contributed by atoms with van der Waals surface area (Å²) in [7, 11) is 0. The summed E-state index contributed by atoms with van der Waals surface area (Å²) in [5.41, 5.74) is 2.99. The molecule has 0 saturated heterocycles. The number of aromatic nitrogens is 1. The van der Waals surface area contributed by atoms with Gasteiger partial charge in [-0.3, -0.25) is 14.6 Å². The molecule has 0 saturated carbocycles. The fourth-order valence-electron chi connectivity index (χ4n) is 2.54. The highest BCUT2D eigenvalue weighted by molar-refractivity contribution is 5.94. The lowest BCUT2D eigenvalue weighted by Crippen LogP contribution is -2.35. The van der Waals surface area contributed by atoms with Crippen LogP contribution in [0.15, 0.2) is 79.1 Å². The molecule has 3 rings (SSSR count). The zero-order valence-corrected chi connectivity index (χ0v) is 15.3. The second kappa shape index (κ2) is 9.87. The van der Waals surface area contributed by atoms with E-state index in [2.05, 4.69) is 15.6 Å². The van der Waals surface area contributed by atoms with Gasteiger partial charge in [0.25, 0.3) is 5.91 Å². The minimum Gasteiger partial charge on any atom is -0.484 e. The Kier molecular flexibility index (Phi) is 6.73. The molecule has 2 aromatic carbocycles. The SMILES string of the molecule is O=C(COc1ccccc1)NCC(=O)Nc1ccc(Cc2ccncc2)cc1. The quantitative estimate of drug-likeness (QED) is 0.634. The first-order valence-electron chi connectivity index (χ1n) is 8.91. The standard InChI is InChI=1S/C22H21N3O3/c26-21(15-24-22(27)16-28-20-4-2-1-3-5-20)25-19-8-6-17(7-9-19)14-18-10-12-23-13-11-18/h1-13H,14-16H2,(H,24,27)(H,25,26). The number of ether oxygens (including phenoxy) is 1. The van der Waals surface area contributed by atoms with Gasteiger partial charge in [0.1, 0.15) is 5.75 Å². The number of hydrogen-bond acceptors (Lipinski definition) is 4. The van der Waals surface area contributed by atoms with Gasteiger partial charge < -0.3 is 15.4 Å². The van der Waals surface area contributed by atoms with Crippen molar-refractivity contribution in [3.63, 3.8) is 0 Å². The Morgan fingerprint density at radius 2 is 1.50 bits per heavy atom. The Labute approximate surface area is 163 Å². The maximum Gasteiger partial charge on any atom is 0.258 e. The lowest BCUT2D eigenvalue weighted by atomic mass is 10.1. The molecule has 3 aromatic rings. The summed E-state index contributed by atoms with van der Waals surface area (Å²) in [5, 5.41) is 5.29. The van der Waals surface area contributed by atoms with Gasteiger partial charge in [0.05, 0.1) is 6.54 Å². The molecule has 0 unspecified atom stereocenters. The van der Waals surface area contributed by atoms with Gasteiger partial charge >= 0.3 is 0 Å². The fraction of sp³-hybridized carbons (Fsp3) is 0.136. The van der Waals surface area contributed by atoms with E-state index < -0.39 is 0 Å². The van der Waals surface area contributed by atoms with Gasteiger partial charge in [-0.25, -0.2) is 0 Å². The first-order chi connectivity index (χ1) is 13.7. The normalized spacial score (nSPS) is 10.1. The molecule has 0 aliphatic rings. The van der Waals surface area contributed by atoms with E-state index in [9.17, 15) is 9.59 Å². The van der Waals surface area contributed by atoms with Crippen LogP contribution in [0.3, 0.4) is 0 Å². The molecule has 2 amide bonds. The molecule has 0 atom stereocenters. The number of rotatable bonds is 8. The number of hydrogen-bond donors (Lipinski definition) is 2. The molecule has 28 heavy (non-hydrogen) atoms. The molecule has 6 nitrogen and oxygen atoms in total. The average molecular weight is 375 g/mol. The van der Waals surface area contributed by atoms with E-state index in [4.69, 9.17) is 4.74 Å². The number of pyridine rings is 1. The van der Waals surface area contributed by atoms with Crippen LogP contribution in [0.1, 0.15) is 11.1 Å². The second-order valence-corrected chi connectivity index (χ2v) is 6.16. The molecule has 0 aliphatic carbocycles. The number of nitrogens with zero attached hydrogens (tertiary/aromatic N) is 1. The van der Waals surface area contributed by atoms with Crippen LogP contribution >= 0.6 is 0 Å². The number of carbonyl (C=O) groups is 2. The Balaban J connectivity index is 1.40. The van der Waals surface area contributed by atoms with Crippen molar-refractivity contribution >= 4 is 17.5 Å². The van der Waals surface area contributed by atoms with Gasteiger partial charge in [0.15, 0.2) is 6.61 Å². The Morgan fingerprint density at radius 3 is 2.21 bits per heavy atom. The van der Waals surface area contributed by atoms with E-state index in [1.807, 2.05) is 54.6 Å². The zero-order valence-electron chi connectivity index (χ0n) is 15.3. The van der Waals surface area contributed by atoms with Crippen LogP contribution in [-0.4, -0.2) is 29.9 Å². The molecular weight excluding hydrogens is 354 g/mol. The molecule has 0 spiro atoms. The summed E-state index contributed by atoms with van der Waals surface area (Å²) in [5.74, 6) is -0.0457. The van der Waals surface area contributed by atoms with Crippen molar-refractivity contribution < 1.29 is 14.3 Å². The van der Waals surface area contributed by atoms with Gasteiger partial charge in [0.2, 0.25) is 5.91 Å². The van der Waals surface area contributed by atoms with E-state index in [0.717, 1.165) is 12.0 Å². The van der Waals surface area contributed by atoms with Crippen molar-refractivity contribution in [2.45, 2.75) is 6.42 Å². The summed E-state index contributed by atoms with van der Waals surface area (Å²) in [6, 6.07) is 20.6. The van der Waals surface area contributed by atoms with Crippen molar-refractivity contribution in [1.29, 1.82) is 0 Å². The van der Waals surface area contributed by atoms with Crippen molar-refractivity contribution in [2.24, 2.45) is 0 Å². The Morgan fingerprint density at radius 1 is 0.821 bits per heavy atom. The van der Waals surface area contributed by atoms with Gasteiger partial charge in [-0.15, -0.1) is 0 Å². The van der Waals surface area contributed by atoms with Crippen LogP contribution in [-0.2, 0) is 16.0 Å². The van der Waals surface area contributed by atoms with Crippen LogP contribution in [0.4, 0.5) is 5.69 Å². The average Bonchev–Trinajstić information content (AvgIpc) is 2.74. The van der Waals surface area contributed by atoms with Gasteiger partial charge in [-0.05, 0) is 53.9 Å². The molecular formula is C22H21N3O3. The molecule has 142 valence electrons. The highest BCUT2D eigenvalue weighted by Crippen LogP contribution is 2.13. The molecule has 2 N–H and O–H groups in total. The highest BCUT2D eigenvalue weighted by Gasteiger charge is 2.07. The number of nitrogens with one attached hydrogen (secondary N) is 2. The van der Waals surface area contributed by atoms with Crippen LogP contribution < -0.4 is 15.4 Å². The molecule has 0 bridgehead atoms. The molecule has 0 radical (unpaired) electrons. The molecule has 1 heterocycles. The third kappa shape index (κ3) is 6.25. The summed E-state index contributed by atoms with van der Waals surface area (Å²) < 4.78 is 5.33. The van der Waals surface area contributed by atoms with Crippen molar-refractivity contribution in [3.8, 4) is 5.75 Å². The number of benzene rings is 2. The zero-order chi connectivity index (χ0) is 19.6. The predicted molar refractivity (Wildman–Crippen MR) is 107 cm³/mol. The first-order valence-corrected chi connectivity index (χ1v) is 8.91. The van der Waals surface area contributed by atoms with Crippen molar-refractivity contribution in [1.82, 2.24) is 10.3 Å². The minimum absolute atomic E-state index is 0.115. The largest absolute Gasteiger partial charge is 0.484 e. The number of amides is 2. The topological polar surface area (TPSA) is 80.3 Å². The summed E-state index contributed by atoms with van der Waals surface area (Å²) in [6.07, 6.45) is 4.33. The third-order valence-corrected chi connectivity index (χ3v) is 3.95. The van der Waals surface area contributed by atoms with Crippen LogP contribution in [0.5, 0.6) is 5.75 Å². The maximum absolute atomic E-state index is 12.0. The lowest BCUT2D eigenvalue weighted by molar-refractivity contribution is -0.125. The summed E-state index contributed by atoms with van der Waals surface area (Å²) in [6.45, 7) is -0.253. The van der Waals surface area contributed by atoms with Crippen LogP contribution in [0.2, 0.25) is 0 Å². The monoisotopic (exact) mass is 375 g/mol. The van der Waals surface area contributed by atoms with E-state index >= 15 is 0 Å². The van der Waals surface area contributed by atoms with Crippen molar-refractivity contribution in [2.75, 3.05) is 18.5 Å². The van der Waals surface area contributed by atoms with E-state index in [-0.39, 0.29) is 25.0 Å². The Hall–Kier alpha value is -3.67. The van der Waals surface area contributed by atoms with Gasteiger partial charge in [-0.1, -0.05) is 30.3 Å². The fourth-order valence-corrected chi connectivity index (χ4v) is 2.54. The number of anilines is 1. The van der Waals surface area contributed by atoms with Crippen molar-refractivity contribution in [3.05, 3.63) is 90.3 Å². The first kappa shape index (κ1) is 19.1.